The van der Waals surface area contributed by atoms with Crippen molar-refractivity contribution in [2.75, 3.05) is 19.7 Å². The molecule has 0 aromatic heterocycles. The number of nitrogens with one attached hydrogen (secondary N) is 1. The van der Waals surface area contributed by atoms with Crippen molar-refractivity contribution in [2.24, 2.45) is 11.8 Å². The Morgan fingerprint density at radius 1 is 1.42 bits per heavy atom. The fraction of sp³-hybridized carbons (Fsp3) is 0.875. The quantitative estimate of drug-likeness (QED) is 0.535. The Morgan fingerprint density at radius 3 is 2.67 bits per heavy atom. The van der Waals surface area contributed by atoms with Crippen LogP contribution in [0.3, 0.4) is 0 Å². The summed E-state index contributed by atoms with van der Waals surface area (Å²) in [6.07, 6.45) is 1.38. The predicted octanol–water partition coefficient (Wildman–Crippen LogP) is -0.321. The van der Waals surface area contributed by atoms with Crippen molar-refractivity contribution < 1.29 is 15.0 Å². The highest BCUT2D eigenvalue weighted by Gasteiger charge is 2.28. The first-order valence-corrected chi connectivity index (χ1v) is 4.30. The SMILES string of the molecule is O=C(O)[C@@H]1CCNCC[C@H]1CO. The van der Waals surface area contributed by atoms with Crippen LogP contribution in [-0.2, 0) is 4.79 Å². The van der Waals surface area contributed by atoms with Crippen molar-refractivity contribution in [3.63, 3.8) is 0 Å². The van der Waals surface area contributed by atoms with Gasteiger partial charge < -0.3 is 15.5 Å². The molecule has 0 bridgehead atoms. The predicted molar refractivity (Wildman–Crippen MR) is 43.8 cm³/mol. The van der Waals surface area contributed by atoms with Gasteiger partial charge in [0.25, 0.3) is 0 Å². The molecular formula is C8H15NO3. The maximum atomic E-state index is 10.7. The molecule has 1 rings (SSSR count). The fourth-order valence-corrected chi connectivity index (χ4v) is 1.65. The fourth-order valence-electron chi connectivity index (χ4n) is 1.65. The number of aliphatic carboxylic acids is 1. The summed E-state index contributed by atoms with van der Waals surface area (Å²) >= 11 is 0. The van der Waals surface area contributed by atoms with Crippen LogP contribution >= 0.6 is 0 Å². The average Bonchev–Trinajstić information content (AvgIpc) is 2.27. The van der Waals surface area contributed by atoms with Crippen LogP contribution in [0.25, 0.3) is 0 Å². The number of carbonyl (C=O) groups is 1. The molecule has 0 saturated carbocycles. The van der Waals surface area contributed by atoms with Crippen LogP contribution in [0, 0.1) is 11.8 Å². The minimum absolute atomic E-state index is 0.0152. The van der Waals surface area contributed by atoms with Gasteiger partial charge in [0.05, 0.1) is 5.92 Å². The molecule has 2 atom stereocenters. The van der Waals surface area contributed by atoms with E-state index in [0.29, 0.717) is 6.42 Å². The van der Waals surface area contributed by atoms with Crippen LogP contribution in [0.15, 0.2) is 0 Å². The minimum atomic E-state index is -0.780. The first-order valence-electron chi connectivity index (χ1n) is 4.30. The molecule has 1 heterocycles. The molecule has 70 valence electrons. The highest BCUT2D eigenvalue weighted by atomic mass is 16.4. The monoisotopic (exact) mass is 173 g/mol. The molecule has 1 saturated heterocycles. The third-order valence-electron chi connectivity index (χ3n) is 2.44. The first kappa shape index (κ1) is 9.48. The molecule has 0 amide bonds. The Balaban J connectivity index is 2.57. The minimum Gasteiger partial charge on any atom is -0.481 e. The van der Waals surface area contributed by atoms with E-state index in [-0.39, 0.29) is 18.4 Å². The number of carboxylic acid groups (broad SMARTS) is 1. The Kier molecular flexibility index (Phi) is 3.49. The maximum absolute atomic E-state index is 10.7. The first-order chi connectivity index (χ1) is 5.75. The second-order valence-corrected chi connectivity index (χ2v) is 3.21. The zero-order chi connectivity index (χ0) is 8.97. The summed E-state index contributed by atoms with van der Waals surface area (Å²) in [5.41, 5.74) is 0. The summed E-state index contributed by atoms with van der Waals surface area (Å²) in [7, 11) is 0. The topological polar surface area (TPSA) is 69.6 Å². The third-order valence-corrected chi connectivity index (χ3v) is 2.44. The van der Waals surface area contributed by atoms with Gasteiger partial charge in [-0.1, -0.05) is 0 Å². The van der Waals surface area contributed by atoms with E-state index in [4.69, 9.17) is 10.2 Å². The summed E-state index contributed by atoms with van der Waals surface area (Å²) in [5, 5.41) is 20.9. The number of aliphatic hydroxyl groups is 1. The second kappa shape index (κ2) is 4.42. The van der Waals surface area contributed by atoms with E-state index in [2.05, 4.69) is 5.32 Å². The molecule has 4 heteroatoms. The molecule has 0 aromatic carbocycles. The van der Waals surface area contributed by atoms with Gasteiger partial charge in [0.15, 0.2) is 0 Å². The molecule has 0 unspecified atom stereocenters. The normalized spacial score (nSPS) is 31.1. The molecule has 1 fully saturated rings. The van der Waals surface area contributed by atoms with Crippen molar-refractivity contribution in [1.82, 2.24) is 5.32 Å². The van der Waals surface area contributed by atoms with Crippen LogP contribution in [0.1, 0.15) is 12.8 Å². The number of hydrogen-bond acceptors (Lipinski definition) is 3. The Bertz CT molecular complexity index is 160. The van der Waals surface area contributed by atoms with Gasteiger partial charge in [-0.3, -0.25) is 4.79 Å². The van der Waals surface area contributed by atoms with Gasteiger partial charge >= 0.3 is 5.97 Å². The van der Waals surface area contributed by atoms with Gasteiger partial charge in [0.1, 0.15) is 0 Å². The van der Waals surface area contributed by atoms with E-state index in [1.807, 2.05) is 0 Å². The largest absolute Gasteiger partial charge is 0.481 e. The molecule has 0 spiro atoms. The lowest BCUT2D eigenvalue weighted by atomic mass is 9.89. The highest BCUT2D eigenvalue weighted by Crippen LogP contribution is 2.20. The van der Waals surface area contributed by atoms with Crippen LogP contribution in [-0.4, -0.2) is 35.9 Å². The molecule has 3 N–H and O–H groups in total. The van der Waals surface area contributed by atoms with Crippen molar-refractivity contribution in [3.8, 4) is 0 Å². The number of hydrogen-bond donors (Lipinski definition) is 3. The Morgan fingerprint density at radius 2 is 2.08 bits per heavy atom. The third kappa shape index (κ3) is 2.19. The summed E-state index contributed by atoms with van der Waals surface area (Å²) in [6, 6.07) is 0. The van der Waals surface area contributed by atoms with Gasteiger partial charge in [-0.05, 0) is 31.8 Å². The van der Waals surface area contributed by atoms with E-state index in [1.54, 1.807) is 0 Å². The van der Waals surface area contributed by atoms with E-state index in [0.717, 1.165) is 19.5 Å². The molecule has 0 radical (unpaired) electrons. The van der Waals surface area contributed by atoms with Gasteiger partial charge in [-0.25, -0.2) is 0 Å². The lowest BCUT2D eigenvalue weighted by Gasteiger charge is -2.17. The van der Waals surface area contributed by atoms with Crippen molar-refractivity contribution in [1.29, 1.82) is 0 Å². The summed E-state index contributed by atoms with van der Waals surface area (Å²) in [5.74, 6) is -1.22. The zero-order valence-corrected chi connectivity index (χ0v) is 6.99. The highest BCUT2D eigenvalue weighted by molar-refractivity contribution is 5.70. The van der Waals surface area contributed by atoms with Gasteiger partial charge in [-0.2, -0.15) is 0 Å². The Labute approximate surface area is 71.6 Å². The summed E-state index contributed by atoms with van der Waals surface area (Å²) in [6.45, 7) is 1.54. The van der Waals surface area contributed by atoms with Crippen LogP contribution in [0.5, 0.6) is 0 Å². The molecule has 0 aliphatic carbocycles. The standard InChI is InChI=1S/C8H15NO3/c10-5-6-1-3-9-4-2-7(6)8(11)12/h6-7,9-10H,1-5H2,(H,11,12)/t6-,7+/m0/s1. The van der Waals surface area contributed by atoms with Crippen LogP contribution in [0.4, 0.5) is 0 Å². The van der Waals surface area contributed by atoms with Crippen molar-refractivity contribution in [3.05, 3.63) is 0 Å². The van der Waals surface area contributed by atoms with Crippen molar-refractivity contribution >= 4 is 5.97 Å². The van der Waals surface area contributed by atoms with E-state index < -0.39 is 5.97 Å². The van der Waals surface area contributed by atoms with Crippen LogP contribution < -0.4 is 5.32 Å². The summed E-state index contributed by atoms with van der Waals surface area (Å²) in [4.78, 5) is 10.7. The lowest BCUT2D eigenvalue weighted by molar-refractivity contribution is -0.144. The van der Waals surface area contributed by atoms with E-state index >= 15 is 0 Å². The maximum Gasteiger partial charge on any atom is 0.306 e. The molecule has 0 aromatic rings. The van der Waals surface area contributed by atoms with Gasteiger partial charge in [-0.15, -0.1) is 0 Å². The molecule has 12 heavy (non-hydrogen) atoms. The average molecular weight is 173 g/mol. The second-order valence-electron chi connectivity index (χ2n) is 3.21. The van der Waals surface area contributed by atoms with Crippen molar-refractivity contribution in [2.45, 2.75) is 12.8 Å². The number of rotatable bonds is 2. The Hall–Kier alpha value is -0.610. The molecule has 1 aliphatic rings. The van der Waals surface area contributed by atoms with Crippen LogP contribution in [0.2, 0.25) is 0 Å². The van der Waals surface area contributed by atoms with E-state index in [1.165, 1.54) is 0 Å². The smallest absolute Gasteiger partial charge is 0.306 e. The number of aliphatic hydroxyl groups excluding tert-OH is 1. The van der Waals surface area contributed by atoms with E-state index in [9.17, 15) is 4.79 Å². The molecule has 1 aliphatic heterocycles. The van der Waals surface area contributed by atoms with Gasteiger partial charge in [0, 0.05) is 6.61 Å². The lowest BCUT2D eigenvalue weighted by Crippen LogP contribution is -2.26. The molecular weight excluding hydrogens is 158 g/mol. The van der Waals surface area contributed by atoms with Gasteiger partial charge in [0.2, 0.25) is 0 Å². The number of carboxylic acids is 1. The molecule has 4 nitrogen and oxygen atoms in total. The zero-order valence-electron chi connectivity index (χ0n) is 6.99. The summed E-state index contributed by atoms with van der Waals surface area (Å²) < 4.78 is 0.